The van der Waals surface area contributed by atoms with Crippen molar-refractivity contribution in [3.05, 3.63) is 18.0 Å². The molecule has 1 aliphatic rings. The SMILES string of the molecule is N#CC1(C(=O)NCc2cn[nH]c2)CCCC1. The highest BCUT2D eigenvalue weighted by Crippen LogP contribution is 2.37. The van der Waals surface area contributed by atoms with Gasteiger partial charge in [-0.1, -0.05) is 12.8 Å². The standard InChI is InChI=1S/C11H14N4O/c12-8-11(3-1-2-4-11)10(16)13-5-9-6-14-15-7-9/h6-7H,1-5H2,(H,13,16)(H,14,15). The molecule has 0 radical (unpaired) electrons. The van der Waals surface area contributed by atoms with Crippen molar-refractivity contribution in [1.82, 2.24) is 15.5 Å². The van der Waals surface area contributed by atoms with Crippen LogP contribution in [-0.4, -0.2) is 16.1 Å². The van der Waals surface area contributed by atoms with E-state index in [1.807, 2.05) is 0 Å². The lowest BCUT2D eigenvalue weighted by Crippen LogP contribution is -2.37. The van der Waals surface area contributed by atoms with Crippen molar-refractivity contribution in [1.29, 1.82) is 5.26 Å². The van der Waals surface area contributed by atoms with E-state index in [1.54, 1.807) is 12.4 Å². The second-order valence-corrected chi connectivity index (χ2v) is 4.19. The number of hydrogen-bond donors (Lipinski definition) is 2. The van der Waals surface area contributed by atoms with Gasteiger partial charge in [0.15, 0.2) is 0 Å². The van der Waals surface area contributed by atoms with Crippen LogP contribution in [0.3, 0.4) is 0 Å². The Balaban J connectivity index is 1.95. The molecular formula is C11H14N4O. The minimum Gasteiger partial charge on any atom is -0.351 e. The zero-order chi connectivity index (χ0) is 11.4. The number of aromatic nitrogens is 2. The Morgan fingerprint density at radius 2 is 2.38 bits per heavy atom. The van der Waals surface area contributed by atoms with Gasteiger partial charge in [-0.2, -0.15) is 10.4 Å². The quantitative estimate of drug-likeness (QED) is 0.797. The van der Waals surface area contributed by atoms with Crippen LogP contribution < -0.4 is 5.32 Å². The molecule has 1 aromatic rings. The van der Waals surface area contributed by atoms with Gasteiger partial charge in [0, 0.05) is 18.3 Å². The van der Waals surface area contributed by atoms with E-state index in [0.29, 0.717) is 19.4 Å². The van der Waals surface area contributed by atoms with Gasteiger partial charge in [-0.05, 0) is 12.8 Å². The molecule has 1 saturated carbocycles. The predicted molar refractivity (Wildman–Crippen MR) is 56.9 cm³/mol. The summed E-state index contributed by atoms with van der Waals surface area (Å²) < 4.78 is 0. The predicted octanol–water partition coefficient (Wildman–Crippen LogP) is 1.11. The molecule has 1 amide bonds. The molecule has 0 spiro atoms. The Morgan fingerprint density at radius 1 is 1.62 bits per heavy atom. The normalized spacial score (nSPS) is 17.9. The van der Waals surface area contributed by atoms with Crippen LogP contribution in [0.15, 0.2) is 12.4 Å². The molecule has 0 aromatic carbocycles. The number of nitrogens with zero attached hydrogens (tertiary/aromatic N) is 2. The summed E-state index contributed by atoms with van der Waals surface area (Å²) in [5.41, 5.74) is 0.128. The van der Waals surface area contributed by atoms with Crippen LogP contribution in [0.2, 0.25) is 0 Å². The lowest BCUT2D eigenvalue weighted by atomic mass is 9.87. The maximum atomic E-state index is 11.9. The lowest BCUT2D eigenvalue weighted by Gasteiger charge is -2.18. The highest BCUT2D eigenvalue weighted by Gasteiger charge is 2.41. The molecule has 1 heterocycles. The van der Waals surface area contributed by atoms with Gasteiger partial charge in [0.25, 0.3) is 0 Å². The van der Waals surface area contributed by atoms with Crippen molar-refractivity contribution < 1.29 is 4.79 Å². The van der Waals surface area contributed by atoms with E-state index in [4.69, 9.17) is 5.26 Å². The number of carbonyl (C=O) groups is 1. The summed E-state index contributed by atoms with van der Waals surface area (Å²) in [5.74, 6) is -0.145. The topological polar surface area (TPSA) is 81.6 Å². The second-order valence-electron chi connectivity index (χ2n) is 4.19. The molecule has 2 rings (SSSR count). The molecule has 0 atom stereocenters. The molecule has 2 N–H and O–H groups in total. The van der Waals surface area contributed by atoms with Gasteiger partial charge in [0.1, 0.15) is 5.41 Å². The monoisotopic (exact) mass is 218 g/mol. The van der Waals surface area contributed by atoms with Gasteiger partial charge in [0.2, 0.25) is 5.91 Å². The van der Waals surface area contributed by atoms with Crippen molar-refractivity contribution in [2.75, 3.05) is 0 Å². The smallest absolute Gasteiger partial charge is 0.240 e. The van der Waals surface area contributed by atoms with E-state index in [2.05, 4.69) is 21.6 Å². The van der Waals surface area contributed by atoms with Crippen LogP contribution in [-0.2, 0) is 11.3 Å². The maximum absolute atomic E-state index is 11.9. The summed E-state index contributed by atoms with van der Waals surface area (Å²) >= 11 is 0. The van der Waals surface area contributed by atoms with Crippen molar-refractivity contribution in [3.63, 3.8) is 0 Å². The van der Waals surface area contributed by atoms with E-state index < -0.39 is 5.41 Å². The summed E-state index contributed by atoms with van der Waals surface area (Å²) in [6, 6.07) is 2.17. The molecule has 0 bridgehead atoms. The average Bonchev–Trinajstić information content (AvgIpc) is 2.97. The van der Waals surface area contributed by atoms with Gasteiger partial charge in [-0.3, -0.25) is 9.89 Å². The first-order chi connectivity index (χ1) is 7.77. The van der Waals surface area contributed by atoms with Crippen LogP contribution in [0.4, 0.5) is 0 Å². The number of amides is 1. The Kier molecular flexibility index (Phi) is 2.91. The number of hydrogen-bond acceptors (Lipinski definition) is 3. The zero-order valence-electron chi connectivity index (χ0n) is 8.99. The number of carbonyl (C=O) groups excluding carboxylic acids is 1. The molecule has 0 unspecified atom stereocenters. The van der Waals surface area contributed by atoms with Gasteiger partial charge in [-0.25, -0.2) is 0 Å². The molecule has 16 heavy (non-hydrogen) atoms. The molecule has 5 nitrogen and oxygen atoms in total. The average molecular weight is 218 g/mol. The number of nitriles is 1. The molecule has 1 aromatic heterocycles. The molecule has 1 aliphatic carbocycles. The van der Waals surface area contributed by atoms with Crippen LogP contribution in [0.1, 0.15) is 31.2 Å². The highest BCUT2D eigenvalue weighted by molar-refractivity contribution is 5.85. The molecule has 0 aliphatic heterocycles. The van der Waals surface area contributed by atoms with E-state index in [9.17, 15) is 4.79 Å². The Morgan fingerprint density at radius 3 is 2.94 bits per heavy atom. The number of aromatic amines is 1. The van der Waals surface area contributed by atoms with Crippen molar-refractivity contribution in [3.8, 4) is 6.07 Å². The fourth-order valence-corrected chi connectivity index (χ4v) is 2.09. The van der Waals surface area contributed by atoms with Crippen LogP contribution >= 0.6 is 0 Å². The summed E-state index contributed by atoms with van der Waals surface area (Å²) in [7, 11) is 0. The number of rotatable bonds is 3. The third-order valence-corrected chi connectivity index (χ3v) is 3.11. The van der Waals surface area contributed by atoms with E-state index in [1.165, 1.54) is 0 Å². The van der Waals surface area contributed by atoms with E-state index in [-0.39, 0.29) is 5.91 Å². The van der Waals surface area contributed by atoms with Gasteiger partial charge >= 0.3 is 0 Å². The third kappa shape index (κ3) is 1.91. The summed E-state index contributed by atoms with van der Waals surface area (Å²) in [6.07, 6.45) is 6.68. The Labute approximate surface area is 93.8 Å². The van der Waals surface area contributed by atoms with Crippen LogP contribution in [0, 0.1) is 16.7 Å². The first-order valence-electron chi connectivity index (χ1n) is 5.44. The highest BCUT2D eigenvalue weighted by atomic mass is 16.2. The second kappa shape index (κ2) is 4.35. The maximum Gasteiger partial charge on any atom is 0.240 e. The van der Waals surface area contributed by atoms with Gasteiger partial charge in [-0.15, -0.1) is 0 Å². The molecule has 0 saturated heterocycles. The van der Waals surface area contributed by atoms with Gasteiger partial charge in [0.05, 0.1) is 12.3 Å². The summed E-state index contributed by atoms with van der Waals surface area (Å²) in [5, 5.41) is 18.4. The minimum atomic E-state index is -0.788. The van der Waals surface area contributed by atoms with Crippen molar-refractivity contribution in [2.24, 2.45) is 5.41 Å². The zero-order valence-corrected chi connectivity index (χ0v) is 8.99. The van der Waals surface area contributed by atoms with Crippen molar-refractivity contribution in [2.45, 2.75) is 32.2 Å². The van der Waals surface area contributed by atoms with Crippen molar-refractivity contribution >= 4 is 5.91 Å². The molecule has 84 valence electrons. The van der Waals surface area contributed by atoms with E-state index >= 15 is 0 Å². The summed E-state index contributed by atoms with van der Waals surface area (Å²) in [4.78, 5) is 11.9. The largest absolute Gasteiger partial charge is 0.351 e. The third-order valence-electron chi connectivity index (χ3n) is 3.11. The minimum absolute atomic E-state index is 0.145. The van der Waals surface area contributed by atoms with E-state index in [0.717, 1.165) is 18.4 Å². The summed E-state index contributed by atoms with van der Waals surface area (Å²) in [6.45, 7) is 0.429. The van der Waals surface area contributed by atoms with Crippen LogP contribution in [0.25, 0.3) is 0 Å². The number of H-pyrrole nitrogens is 1. The lowest BCUT2D eigenvalue weighted by molar-refractivity contribution is -0.128. The van der Waals surface area contributed by atoms with Gasteiger partial charge < -0.3 is 5.32 Å². The molecule has 5 heteroatoms. The first-order valence-corrected chi connectivity index (χ1v) is 5.44. The molecule has 1 fully saturated rings. The first kappa shape index (κ1) is 10.7. The fraction of sp³-hybridized carbons (Fsp3) is 0.545. The molecular weight excluding hydrogens is 204 g/mol. The Bertz CT molecular complexity index is 398. The Hall–Kier alpha value is -1.83. The fourth-order valence-electron chi connectivity index (χ4n) is 2.09. The number of nitrogens with one attached hydrogen (secondary N) is 2. The van der Waals surface area contributed by atoms with Crippen LogP contribution in [0.5, 0.6) is 0 Å².